The third-order valence-electron chi connectivity index (χ3n) is 4.65. The molecule has 2 heteroatoms. The molecule has 3 rings (SSSR count). The molecule has 0 saturated heterocycles. The van der Waals surface area contributed by atoms with Crippen LogP contribution in [0.1, 0.15) is 23.1 Å². The average Bonchev–Trinajstić information content (AvgIpc) is 2.63. The standard InChI is InChI=1S/C23H28N2/c1-24(16-6-10-20-8-4-3-5-9-20)18-21-12-14-22(15-13-21)23-11-7-17-25(2)19-23/h3-6,8-15H,7,16-19H2,1-2H3/b10-6+. The molecule has 1 aliphatic heterocycles. The van der Waals surface area contributed by atoms with Gasteiger partial charge < -0.3 is 4.90 Å². The minimum absolute atomic E-state index is 0.951. The van der Waals surface area contributed by atoms with Gasteiger partial charge in [-0.3, -0.25) is 4.90 Å². The third-order valence-corrected chi connectivity index (χ3v) is 4.65. The van der Waals surface area contributed by atoms with Crippen molar-refractivity contribution < 1.29 is 0 Å². The zero-order chi connectivity index (χ0) is 17.5. The van der Waals surface area contributed by atoms with Crippen molar-refractivity contribution in [1.82, 2.24) is 9.80 Å². The smallest absolute Gasteiger partial charge is 0.0233 e. The van der Waals surface area contributed by atoms with Crippen LogP contribution in [0.5, 0.6) is 0 Å². The monoisotopic (exact) mass is 332 g/mol. The highest BCUT2D eigenvalue weighted by Gasteiger charge is 2.10. The van der Waals surface area contributed by atoms with E-state index < -0.39 is 0 Å². The average molecular weight is 332 g/mol. The van der Waals surface area contributed by atoms with Crippen molar-refractivity contribution in [3.8, 4) is 0 Å². The van der Waals surface area contributed by atoms with Crippen LogP contribution in [0, 0.1) is 0 Å². The van der Waals surface area contributed by atoms with Gasteiger partial charge in [-0.05, 0) is 42.8 Å². The number of likely N-dealkylation sites (N-methyl/N-ethyl adjacent to an activating group) is 2. The van der Waals surface area contributed by atoms with Crippen LogP contribution in [-0.2, 0) is 6.54 Å². The normalized spacial score (nSPS) is 15.7. The Balaban J connectivity index is 1.52. The minimum atomic E-state index is 0.951. The summed E-state index contributed by atoms with van der Waals surface area (Å²) in [5.41, 5.74) is 5.44. The molecule has 0 N–H and O–H groups in total. The molecule has 1 aliphatic rings. The largest absolute Gasteiger partial charge is 0.302 e. The molecule has 0 atom stereocenters. The Morgan fingerprint density at radius 3 is 2.52 bits per heavy atom. The van der Waals surface area contributed by atoms with Crippen molar-refractivity contribution in [2.24, 2.45) is 0 Å². The van der Waals surface area contributed by atoms with E-state index in [-0.39, 0.29) is 0 Å². The lowest BCUT2D eigenvalue weighted by Crippen LogP contribution is -2.24. The molecule has 0 spiro atoms. The van der Waals surface area contributed by atoms with Crippen LogP contribution < -0.4 is 0 Å². The van der Waals surface area contributed by atoms with Crippen LogP contribution >= 0.6 is 0 Å². The van der Waals surface area contributed by atoms with Crippen molar-refractivity contribution in [3.63, 3.8) is 0 Å². The first-order valence-electron chi connectivity index (χ1n) is 9.08. The fraction of sp³-hybridized carbons (Fsp3) is 0.304. The van der Waals surface area contributed by atoms with Crippen LogP contribution in [0.15, 0.2) is 66.7 Å². The van der Waals surface area contributed by atoms with Gasteiger partial charge >= 0.3 is 0 Å². The van der Waals surface area contributed by atoms with E-state index in [1.807, 2.05) is 0 Å². The van der Waals surface area contributed by atoms with E-state index in [2.05, 4.69) is 96.7 Å². The first-order chi connectivity index (χ1) is 12.2. The van der Waals surface area contributed by atoms with E-state index in [9.17, 15) is 0 Å². The van der Waals surface area contributed by atoms with Crippen LogP contribution in [0.3, 0.4) is 0 Å². The summed E-state index contributed by atoms with van der Waals surface area (Å²) in [4.78, 5) is 4.72. The molecule has 25 heavy (non-hydrogen) atoms. The second-order valence-electron chi connectivity index (χ2n) is 6.96. The lowest BCUT2D eigenvalue weighted by atomic mass is 10.00. The zero-order valence-corrected chi connectivity index (χ0v) is 15.4. The second kappa shape index (κ2) is 8.80. The Morgan fingerprint density at radius 2 is 1.80 bits per heavy atom. The Bertz CT molecular complexity index is 714. The first kappa shape index (κ1) is 17.7. The van der Waals surface area contributed by atoms with E-state index in [4.69, 9.17) is 0 Å². The van der Waals surface area contributed by atoms with E-state index in [1.54, 1.807) is 0 Å². The quantitative estimate of drug-likeness (QED) is 0.765. The predicted octanol–water partition coefficient (Wildman–Crippen LogP) is 4.55. The summed E-state index contributed by atoms with van der Waals surface area (Å²) in [6, 6.07) is 19.5. The van der Waals surface area contributed by atoms with E-state index in [1.165, 1.54) is 28.8 Å². The molecule has 1 heterocycles. The molecule has 0 saturated carbocycles. The van der Waals surface area contributed by atoms with Gasteiger partial charge in [0.05, 0.1) is 0 Å². The van der Waals surface area contributed by atoms with Crippen molar-refractivity contribution >= 4 is 11.6 Å². The third kappa shape index (κ3) is 5.42. The summed E-state index contributed by atoms with van der Waals surface area (Å²) in [6.07, 6.45) is 7.96. The van der Waals surface area contributed by atoms with Crippen molar-refractivity contribution in [2.45, 2.75) is 13.0 Å². The molecule has 0 aromatic heterocycles. The fourth-order valence-electron chi connectivity index (χ4n) is 3.24. The van der Waals surface area contributed by atoms with E-state index in [0.717, 1.165) is 26.1 Å². The Hall–Kier alpha value is -2.16. The number of hydrogen-bond acceptors (Lipinski definition) is 2. The fourth-order valence-corrected chi connectivity index (χ4v) is 3.24. The molecule has 0 unspecified atom stereocenters. The Morgan fingerprint density at radius 1 is 1.04 bits per heavy atom. The molecule has 0 amide bonds. The molecular weight excluding hydrogens is 304 g/mol. The van der Waals surface area contributed by atoms with Gasteiger partial charge in [-0.2, -0.15) is 0 Å². The highest BCUT2D eigenvalue weighted by Crippen LogP contribution is 2.20. The van der Waals surface area contributed by atoms with Gasteiger partial charge in [-0.25, -0.2) is 0 Å². The van der Waals surface area contributed by atoms with Gasteiger partial charge in [0.2, 0.25) is 0 Å². The summed E-state index contributed by atoms with van der Waals surface area (Å²) in [7, 11) is 4.36. The van der Waals surface area contributed by atoms with Crippen LogP contribution in [0.25, 0.3) is 11.6 Å². The summed E-state index contributed by atoms with van der Waals surface area (Å²) in [5, 5.41) is 0. The number of hydrogen-bond donors (Lipinski definition) is 0. The summed E-state index contributed by atoms with van der Waals surface area (Å²) >= 11 is 0. The van der Waals surface area contributed by atoms with Crippen LogP contribution in [-0.4, -0.2) is 43.5 Å². The van der Waals surface area contributed by atoms with Gasteiger partial charge in [0.25, 0.3) is 0 Å². The molecule has 0 bridgehead atoms. The summed E-state index contributed by atoms with van der Waals surface area (Å²) < 4.78 is 0. The lowest BCUT2D eigenvalue weighted by molar-refractivity contribution is 0.364. The zero-order valence-electron chi connectivity index (χ0n) is 15.4. The van der Waals surface area contributed by atoms with E-state index >= 15 is 0 Å². The van der Waals surface area contributed by atoms with Crippen molar-refractivity contribution in [1.29, 1.82) is 0 Å². The minimum Gasteiger partial charge on any atom is -0.302 e. The topological polar surface area (TPSA) is 6.48 Å². The second-order valence-corrected chi connectivity index (χ2v) is 6.96. The lowest BCUT2D eigenvalue weighted by Gasteiger charge is -2.23. The van der Waals surface area contributed by atoms with Gasteiger partial charge in [-0.15, -0.1) is 0 Å². The maximum atomic E-state index is 2.39. The van der Waals surface area contributed by atoms with Crippen molar-refractivity contribution in [2.75, 3.05) is 33.7 Å². The molecule has 2 nitrogen and oxygen atoms in total. The predicted molar refractivity (Wildman–Crippen MR) is 108 cm³/mol. The number of rotatable bonds is 6. The maximum absolute atomic E-state index is 2.39. The van der Waals surface area contributed by atoms with Gasteiger partial charge in [0.1, 0.15) is 0 Å². The van der Waals surface area contributed by atoms with Gasteiger partial charge in [-0.1, -0.05) is 72.8 Å². The molecule has 2 aromatic carbocycles. The van der Waals surface area contributed by atoms with Crippen LogP contribution in [0.4, 0.5) is 0 Å². The summed E-state index contributed by atoms with van der Waals surface area (Å²) in [6.45, 7) is 4.15. The van der Waals surface area contributed by atoms with Crippen LogP contribution in [0.2, 0.25) is 0 Å². The first-order valence-corrected chi connectivity index (χ1v) is 9.08. The number of benzene rings is 2. The summed E-state index contributed by atoms with van der Waals surface area (Å²) in [5.74, 6) is 0. The SMILES string of the molecule is CN1CCC=C(c2ccc(CN(C)C/C=C/c3ccccc3)cc2)C1. The molecule has 0 fully saturated rings. The number of nitrogens with zero attached hydrogens (tertiary/aromatic N) is 2. The molecule has 130 valence electrons. The molecule has 0 radical (unpaired) electrons. The van der Waals surface area contributed by atoms with Crippen molar-refractivity contribution in [3.05, 3.63) is 83.4 Å². The Labute approximate surface area is 152 Å². The molecular formula is C23H28N2. The van der Waals surface area contributed by atoms with Gasteiger partial charge in [0.15, 0.2) is 0 Å². The molecule has 0 aliphatic carbocycles. The molecule has 2 aromatic rings. The Kier molecular flexibility index (Phi) is 6.21. The highest BCUT2D eigenvalue weighted by molar-refractivity contribution is 5.67. The highest BCUT2D eigenvalue weighted by atomic mass is 15.1. The van der Waals surface area contributed by atoms with Gasteiger partial charge in [0, 0.05) is 26.2 Å². The van der Waals surface area contributed by atoms with E-state index in [0.29, 0.717) is 0 Å². The maximum Gasteiger partial charge on any atom is 0.0233 e.